The van der Waals surface area contributed by atoms with Gasteiger partial charge in [0.05, 0.1) is 4.90 Å². The maximum Gasteiger partial charge on any atom is 0.153 e. The second kappa shape index (κ2) is 3.14. The molecular weight excluding hydrogens is 190 g/mol. The van der Waals surface area contributed by atoms with Crippen molar-refractivity contribution in [3.63, 3.8) is 0 Å². The highest BCUT2D eigenvalue weighted by molar-refractivity contribution is 7.99. The van der Waals surface area contributed by atoms with Crippen LogP contribution in [0.3, 0.4) is 0 Å². The number of anilines is 2. The van der Waals surface area contributed by atoms with Gasteiger partial charge in [0.25, 0.3) is 0 Å². The fourth-order valence-electron chi connectivity index (χ4n) is 0.996. The van der Waals surface area contributed by atoms with Crippen molar-refractivity contribution in [1.29, 1.82) is 0 Å². The minimum Gasteiger partial charge on any atom is -0.382 e. The van der Waals surface area contributed by atoms with Gasteiger partial charge in [0.1, 0.15) is 5.00 Å². The van der Waals surface area contributed by atoms with E-state index in [0.717, 1.165) is 9.90 Å². The van der Waals surface area contributed by atoms with E-state index in [9.17, 15) is 0 Å². The molecule has 3 N–H and O–H groups in total. The van der Waals surface area contributed by atoms with Crippen LogP contribution in [0.2, 0.25) is 0 Å². The van der Waals surface area contributed by atoms with E-state index in [4.69, 9.17) is 5.73 Å². The lowest BCUT2D eigenvalue weighted by Gasteiger charge is -2.01. The predicted octanol–water partition coefficient (Wildman–Crippen LogP) is 2.02. The molecule has 1 heterocycles. The van der Waals surface area contributed by atoms with Crippen molar-refractivity contribution in [3.8, 4) is 0 Å². The van der Waals surface area contributed by atoms with Crippen LogP contribution in [-0.4, -0.2) is 16.7 Å². The Morgan fingerprint density at radius 3 is 3.00 bits per heavy atom. The minimum absolute atomic E-state index is 0.663. The van der Waals surface area contributed by atoms with E-state index in [0.29, 0.717) is 11.9 Å². The first-order valence-corrected chi connectivity index (χ1v) is 5.86. The number of nitrogens with one attached hydrogen (secondary N) is 1. The highest BCUT2D eigenvalue weighted by Gasteiger charge is 2.23. The molecule has 0 bridgehead atoms. The normalized spacial score (nSPS) is 16.4. The predicted molar refractivity (Wildman–Crippen MR) is 55.0 cm³/mol. The van der Waals surface area contributed by atoms with Gasteiger partial charge in [-0.05, 0) is 30.6 Å². The molecule has 0 spiro atoms. The summed E-state index contributed by atoms with van der Waals surface area (Å²) in [6, 6.07) is 0.677. The van der Waals surface area contributed by atoms with Gasteiger partial charge in [-0.25, -0.2) is 0 Å². The van der Waals surface area contributed by atoms with Crippen LogP contribution in [0.4, 0.5) is 10.8 Å². The number of nitrogens with zero attached hydrogens (tertiary/aromatic N) is 1. The van der Waals surface area contributed by atoms with Crippen molar-refractivity contribution < 1.29 is 0 Å². The van der Waals surface area contributed by atoms with Gasteiger partial charge in [0.2, 0.25) is 0 Å². The molecule has 2 rings (SSSR count). The van der Waals surface area contributed by atoms with E-state index >= 15 is 0 Å². The summed E-state index contributed by atoms with van der Waals surface area (Å²) in [5, 5.41) is 4.55. The fraction of sp³-hybridized carbons (Fsp3) is 0.571. The third kappa shape index (κ3) is 1.51. The van der Waals surface area contributed by atoms with Gasteiger partial charge < -0.3 is 11.1 Å². The molecule has 0 amide bonds. The monoisotopic (exact) mass is 201 g/mol. The third-order valence-electron chi connectivity index (χ3n) is 1.79. The molecule has 0 unspecified atom stereocenters. The zero-order valence-corrected chi connectivity index (χ0v) is 8.47. The second-order valence-electron chi connectivity index (χ2n) is 2.85. The Kier molecular flexibility index (Phi) is 2.14. The molecule has 5 heteroatoms. The van der Waals surface area contributed by atoms with Gasteiger partial charge in [0.15, 0.2) is 5.82 Å². The van der Waals surface area contributed by atoms with Gasteiger partial charge in [0, 0.05) is 6.04 Å². The lowest BCUT2D eigenvalue weighted by atomic mass is 10.6. The van der Waals surface area contributed by atoms with Gasteiger partial charge in [-0.1, -0.05) is 0 Å². The maximum atomic E-state index is 5.69. The molecule has 0 aromatic carbocycles. The molecule has 1 aromatic rings. The van der Waals surface area contributed by atoms with Crippen LogP contribution in [0.5, 0.6) is 0 Å². The quantitative estimate of drug-likeness (QED) is 0.735. The van der Waals surface area contributed by atoms with Crippen LogP contribution >= 0.6 is 23.3 Å². The first-order chi connectivity index (χ1) is 5.81. The highest BCUT2D eigenvalue weighted by Crippen LogP contribution is 2.37. The molecule has 66 valence electrons. The van der Waals surface area contributed by atoms with Crippen molar-refractivity contribution in [1.82, 2.24) is 4.37 Å². The molecule has 0 radical (unpaired) electrons. The van der Waals surface area contributed by atoms with Crippen LogP contribution in [0.1, 0.15) is 12.8 Å². The Bertz CT molecular complexity index is 280. The minimum atomic E-state index is 0.663. The molecule has 0 aliphatic heterocycles. The third-order valence-corrected chi connectivity index (χ3v) is 3.53. The lowest BCUT2D eigenvalue weighted by molar-refractivity contribution is 1.16. The average Bonchev–Trinajstić information content (AvgIpc) is 2.78. The Morgan fingerprint density at radius 2 is 2.42 bits per heavy atom. The van der Waals surface area contributed by atoms with E-state index in [1.165, 1.54) is 24.4 Å². The van der Waals surface area contributed by atoms with E-state index in [1.807, 2.05) is 6.26 Å². The van der Waals surface area contributed by atoms with Gasteiger partial charge in [-0.2, -0.15) is 4.37 Å². The molecule has 3 nitrogen and oxygen atoms in total. The first-order valence-electron chi connectivity index (χ1n) is 3.87. The van der Waals surface area contributed by atoms with E-state index < -0.39 is 0 Å². The van der Waals surface area contributed by atoms with Gasteiger partial charge in [-0.15, -0.1) is 11.8 Å². The first kappa shape index (κ1) is 8.19. The Balaban J connectivity index is 2.16. The van der Waals surface area contributed by atoms with E-state index in [1.54, 1.807) is 11.8 Å². The molecule has 1 aliphatic rings. The number of aromatic nitrogens is 1. The van der Waals surface area contributed by atoms with Crippen molar-refractivity contribution in [3.05, 3.63) is 0 Å². The largest absolute Gasteiger partial charge is 0.382 e. The molecule has 0 atom stereocenters. The summed E-state index contributed by atoms with van der Waals surface area (Å²) >= 11 is 3.12. The topological polar surface area (TPSA) is 50.9 Å². The van der Waals surface area contributed by atoms with Gasteiger partial charge in [-0.3, -0.25) is 0 Å². The molecule has 1 saturated carbocycles. The molecule has 1 fully saturated rings. The van der Waals surface area contributed by atoms with Crippen LogP contribution in [-0.2, 0) is 0 Å². The number of hydrogen-bond acceptors (Lipinski definition) is 5. The van der Waals surface area contributed by atoms with Crippen LogP contribution in [0.15, 0.2) is 4.90 Å². The smallest absolute Gasteiger partial charge is 0.153 e. The summed E-state index contributed by atoms with van der Waals surface area (Å²) in [7, 11) is 0. The molecule has 12 heavy (non-hydrogen) atoms. The number of thioether (sulfide) groups is 1. The zero-order chi connectivity index (χ0) is 8.55. The van der Waals surface area contributed by atoms with Crippen LogP contribution in [0, 0.1) is 0 Å². The van der Waals surface area contributed by atoms with E-state index in [2.05, 4.69) is 9.69 Å². The Hall–Kier alpha value is -0.420. The second-order valence-corrected chi connectivity index (χ2v) is 4.44. The summed E-state index contributed by atoms with van der Waals surface area (Å²) in [6.07, 6.45) is 4.59. The Morgan fingerprint density at radius 1 is 1.67 bits per heavy atom. The highest BCUT2D eigenvalue weighted by atomic mass is 32.2. The molecule has 0 saturated heterocycles. The van der Waals surface area contributed by atoms with Crippen molar-refractivity contribution >= 4 is 34.1 Å². The number of rotatable bonds is 3. The number of nitrogens with two attached hydrogens (primary N) is 1. The summed E-state index contributed by atoms with van der Waals surface area (Å²) in [6.45, 7) is 0. The van der Waals surface area contributed by atoms with E-state index in [-0.39, 0.29) is 0 Å². The van der Waals surface area contributed by atoms with Gasteiger partial charge >= 0.3 is 0 Å². The Labute approximate surface area is 79.9 Å². The SMILES string of the molecule is CSc1c(N)nsc1NC1CC1. The summed E-state index contributed by atoms with van der Waals surface area (Å²) < 4.78 is 4.10. The van der Waals surface area contributed by atoms with Crippen molar-refractivity contribution in [2.75, 3.05) is 17.3 Å². The summed E-state index contributed by atoms with van der Waals surface area (Å²) in [5.41, 5.74) is 5.69. The number of nitrogen functional groups attached to an aromatic ring is 1. The maximum absolute atomic E-state index is 5.69. The van der Waals surface area contributed by atoms with Crippen molar-refractivity contribution in [2.24, 2.45) is 0 Å². The fourth-order valence-corrected chi connectivity index (χ4v) is 2.60. The van der Waals surface area contributed by atoms with Crippen molar-refractivity contribution in [2.45, 2.75) is 23.8 Å². The van der Waals surface area contributed by atoms with Crippen LogP contribution < -0.4 is 11.1 Å². The molecule has 1 aromatic heterocycles. The number of hydrogen-bond donors (Lipinski definition) is 2. The molecular formula is C7H11N3S2. The van der Waals surface area contributed by atoms with Crippen LogP contribution in [0.25, 0.3) is 0 Å². The summed E-state index contributed by atoms with van der Waals surface area (Å²) in [5.74, 6) is 0.663. The average molecular weight is 201 g/mol. The zero-order valence-electron chi connectivity index (χ0n) is 6.83. The lowest BCUT2D eigenvalue weighted by Crippen LogP contribution is -1.99. The molecule has 1 aliphatic carbocycles. The summed E-state index contributed by atoms with van der Waals surface area (Å²) in [4.78, 5) is 1.10. The standard InChI is InChI=1S/C7H11N3S2/c1-11-5-6(8)10-12-7(5)9-4-2-3-4/h4,9H,2-3H2,1H3,(H2,8,10).